The zero-order valence-corrected chi connectivity index (χ0v) is 16.3. The molecule has 1 heterocycles. The van der Waals surface area contributed by atoms with Gasteiger partial charge in [-0.3, -0.25) is 4.79 Å². The number of anilines is 1. The van der Waals surface area contributed by atoms with Gasteiger partial charge in [-0.25, -0.2) is 0 Å². The van der Waals surface area contributed by atoms with Gasteiger partial charge in [-0.15, -0.1) is 0 Å². The monoisotopic (exact) mass is 411 g/mol. The van der Waals surface area contributed by atoms with Crippen LogP contribution in [0.25, 0.3) is 28.0 Å². The summed E-state index contributed by atoms with van der Waals surface area (Å²) in [5.41, 5.74) is 2.78. The Morgan fingerprint density at radius 2 is 1.82 bits per heavy atom. The first-order valence-electron chi connectivity index (χ1n) is 8.48. The molecule has 0 saturated carbocycles. The summed E-state index contributed by atoms with van der Waals surface area (Å²) in [7, 11) is 1.51. The van der Waals surface area contributed by atoms with E-state index in [1.807, 2.05) is 36.4 Å². The lowest BCUT2D eigenvalue weighted by Gasteiger charge is -2.08. The van der Waals surface area contributed by atoms with E-state index in [0.29, 0.717) is 32.6 Å². The fraction of sp³-hybridized carbons (Fsp3) is 0.0455. The van der Waals surface area contributed by atoms with Gasteiger partial charge in [0, 0.05) is 39.2 Å². The van der Waals surface area contributed by atoms with Gasteiger partial charge in [0.05, 0.1) is 12.1 Å². The van der Waals surface area contributed by atoms with Crippen LogP contribution in [0.4, 0.5) is 5.69 Å². The molecule has 4 rings (SSSR count). The number of benzene rings is 3. The van der Waals surface area contributed by atoms with Gasteiger partial charge < -0.3 is 14.5 Å². The van der Waals surface area contributed by atoms with Crippen molar-refractivity contribution in [3.8, 4) is 5.75 Å². The molecule has 0 aliphatic heterocycles. The van der Waals surface area contributed by atoms with Crippen molar-refractivity contribution >= 4 is 62.8 Å². The second kappa shape index (κ2) is 7.58. The lowest BCUT2D eigenvalue weighted by molar-refractivity contribution is -0.111. The quantitative estimate of drug-likeness (QED) is 0.387. The molecular formula is C22H15Cl2NO3. The number of carbonyl (C=O) groups is 1. The third kappa shape index (κ3) is 3.57. The van der Waals surface area contributed by atoms with Crippen molar-refractivity contribution in [2.24, 2.45) is 0 Å². The molecule has 1 aromatic heterocycles. The molecule has 3 aromatic carbocycles. The molecule has 0 radical (unpaired) electrons. The fourth-order valence-corrected chi connectivity index (χ4v) is 3.66. The smallest absolute Gasteiger partial charge is 0.248 e. The number of para-hydroxylation sites is 1. The second-order valence-electron chi connectivity index (χ2n) is 6.14. The maximum atomic E-state index is 12.3. The largest absolute Gasteiger partial charge is 0.495 e. The number of methoxy groups -OCH3 is 1. The second-order valence-corrected chi connectivity index (χ2v) is 6.99. The van der Waals surface area contributed by atoms with Crippen LogP contribution in [-0.4, -0.2) is 13.0 Å². The Kier molecular flexibility index (Phi) is 4.99. The van der Waals surface area contributed by atoms with Crippen molar-refractivity contribution in [1.82, 2.24) is 0 Å². The van der Waals surface area contributed by atoms with E-state index in [1.165, 1.54) is 13.2 Å². The highest BCUT2D eigenvalue weighted by Crippen LogP contribution is 2.33. The maximum absolute atomic E-state index is 12.3. The van der Waals surface area contributed by atoms with Crippen LogP contribution in [0.3, 0.4) is 0 Å². The van der Waals surface area contributed by atoms with Crippen LogP contribution in [0.1, 0.15) is 5.56 Å². The number of hydrogen-bond acceptors (Lipinski definition) is 3. The Balaban J connectivity index is 1.57. The molecule has 28 heavy (non-hydrogen) atoms. The highest BCUT2D eigenvalue weighted by Gasteiger charge is 2.09. The van der Waals surface area contributed by atoms with E-state index in [4.69, 9.17) is 32.4 Å². The molecule has 0 saturated heterocycles. The number of furan rings is 1. The van der Waals surface area contributed by atoms with Crippen LogP contribution in [0.15, 0.2) is 65.1 Å². The van der Waals surface area contributed by atoms with Crippen molar-refractivity contribution < 1.29 is 13.9 Å². The Morgan fingerprint density at radius 3 is 2.64 bits per heavy atom. The van der Waals surface area contributed by atoms with E-state index in [0.717, 1.165) is 16.4 Å². The van der Waals surface area contributed by atoms with Crippen LogP contribution in [-0.2, 0) is 4.79 Å². The number of hydrogen-bond donors (Lipinski definition) is 1. The van der Waals surface area contributed by atoms with E-state index in [9.17, 15) is 4.79 Å². The van der Waals surface area contributed by atoms with E-state index in [1.54, 1.807) is 24.3 Å². The van der Waals surface area contributed by atoms with Gasteiger partial charge in [-0.2, -0.15) is 0 Å². The van der Waals surface area contributed by atoms with Gasteiger partial charge in [0.1, 0.15) is 16.9 Å². The van der Waals surface area contributed by atoms with Crippen molar-refractivity contribution in [2.75, 3.05) is 12.4 Å². The van der Waals surface area contributed by atoms with Crippen LogP contribution in [0.5, 0.6) is 5.75 Å². The summed E-state index contributed by atoms with van der Waals surface area (Å²) < 4.78 is 11.1. The number of rotatable bonds is 4. The molecule has 0 bridgehead atoms. The first-order chi connectivity index (χ1) is 13.5. The minimum Gasteiger partial charge on any atom is -0.495 e. The predicted octanol–water partition coefficient (Wildman–Crippen LogP) is 6.55. The minimum absolute atomic E-state index is 0.298. The maximum Gasteiger partial charge on any atom is 0.248 e. The Bertz CT molecular complexity index is 1230. The molecule has 0 aliphatic carbocycles. The lowest BCUT2D eigenvalue weighted by atomic mass is 10.1. The normalized spacial score (nSPS) is 11.4. The molecule has 0 spiro atoms. The summed E-state index contributed by atoms with van der Waals surface area (Å²) in [4.78, 5) is 12.3. The number of fused-ring (bicyclic) bond motifs is 3. The van der Waals surface area contributed by atoms with Gasteiger partial charge in [0.15, 0.2) is 0 Å². The third-order valence-corrected chi connectivity index (χ3v) is 4.80. The number of ether oxygens (including phenoxy) is 1. The fourth-order valence-electron chi connectivity index (χ4n) is 3.07. The summed E-state index contributed by atoms with van der Waals surface area (Å²) >= 11 is 12.1. The molecule has 6 heteroatoms. The van der Waals surface area contributed by atoms with E-state index >= 15 is 0 Å². The summed E-state index contributed by atoms with van der Waals surface area (Å²) in [6, 6.07) is 16.7. The van der Waals surface area contributed by atoms with Crippen molar-refractivity contribution in [3.63, 3.8) is 0 Å². The van der Waals surface area contributed by atoms with E-state index in [2.05, 4.69) is 5.32 Å². The zero-order chi connectivity index (χ0) is 19.7. The number of carbonyl (C=O) groups excluding carboxylic acids is 1. The summed E-state index contributed by atoms with van der Waals surface area (Å²) in [6.45, 7) is 0. The summed E-state index contributed by atoms with van der Waals surface area (Å²) in [5, 5.41) is 5.71. The first-order valence-corrected chi connectivity index (χ1v) is 9.24. The molecule has 4 aromatic rings. The Labute approximate surface area is 171 Å². The average molecular weight is 412 g/mol. The topological polar surface area (TPSA) is 51.5 Å². The van der Waals surface area contributed by atoms with Gasteiger partial charge in [-0.1, -0.05) is 41.4 Å². The van der Waals surface area contributed by atoms with Gasteiger partial charge in [-0.05, 0) is 36.4 Å². The molecule has 0 unspecified atom stereocenters. The molecule has 1 amide bonds. The van der Waals surface area contributed by atoms with Crippen LogP contribution in [0, 0.1) is 0 Å². The first kappa shape index (κ1) is 18.4. The Morgan fingerprint density at radius 1 is 1.04 bits per heavy atom. The number of amides is 1. The van der Waals surface area contributed by atoms with Crippen molar-refractivity contribution in [1.29, 1.82) is 0 Å². The molecule has 1 N–H and O–H groups in total. The lowest BCUT2D eigenvalue weighted by Crippen LogP contribution is -2.07. The van der Waals surface area contributed by atoms with Gasteiger partial charge in [0.2, 0.25) is 5.91 Å². The predicted molar refractivity (Wildman–Crippen MR) is 114 cm³/mol. The SMILES string of the molecule is COc1c(Cl)cc(Cl)cc1/C=C/C(=O)Nc1ccc2c(c1)oc1ccccc12. The average Bonchev–Trinajstić information content (AvgIpc) is 3.03. The molecular weight excluding hydrogens is 397 g/mol. The van der Waals surface area contributed by atoms with Crippen LogP contribution >= 0.6 is 23.2 Å². The Hall–Kier alpha value is -2.95. The standard InChI is InChI=1S/C22H15Cl2NO3/c1-27-22-13(10-14(23)11-18(22)24)6-9-21(26)25-15-7-8-17-16-4-2-3-5-19(16)28-20(17)12-15/h2-12H,1H3,(H,25,26)/b9-6+. The zero-order valence-electron chi connectivity index (χ0n) is 14.8. The molecule has 0 aliphatic rings. The van der Waals surface area contributed by atoms with E-state index in [-0.39, 0.29) is 5.91 Å². The minimum atomic E-state index is -0.298. The molecule has 0 fully saturated rings. The summed E-state index contributed by atoms with van der Waals surface area (Å²) in [6.07, 6.45) is 3.00. The number of nitrogens with one attached hydrogen (secondary N) is 1. The highest BCUT2D eigenvalue weighted by molar-refractivity contribution is 6.36. The van der Waals surface area contributed by atoms with Crippen LogP contribution in [0.2, 0.25) is 10.0 Å². The molecule has 0 atom stereocenters. The third-order valence-electron chi connectivity index (χ3n) is 4.30. The highest BCUT2D eigenvalue weighted by atomic mass is 35.5. The van der Waals surface area contributed by atoms with Crippen LogP contribution < -0.4 is 10.1 Å². The van der Waals surface area contributed by atoms with Gasteiger partial charge in [0.25, 0.3) is 0 Å². The van der Waals surface area contributed by atoms with Crippen molar-refractivity contribution in [2.45, 2.75) is 0 Å². The molecule has 4 nitrogen and oxygen atoms in total. The van der Waals surface area contributed by atoms with E-state index < -0.39 is 0 Å². The summed E-state index contributed by atoms with van der Waals surface area (Å²) in [5.74, 6) is 0.160. The number of halogens is 2. The molecule has 140 valence electrons. The van der Waals surface area contributed by atoms with Crippen molar-refractivity contribution in [3.05, 3.63) is 76.3 Å². The van der Waals surface area contributed by atoms with Gasteiger partial charge >= 0.3 is 0 Å².